The zero-order valence-electron chi connectivity index (χ0n) is 13.8. The van der Waals surface area contributed by atoms with Gasteiger partial charge < -0.3 is 10.1 Å². The Morgan fingerprint density at radius 3 is 2.42 bits per heavy atom. The van der Waals surface area contributed by atoms with Crippen molar-refractivity contribution in [1.29, 1.82) is 0 Å². The van der Waals surface area contributed by atoms with Crippen LogP contribution in [0, 0.1) is 0 Å². The fourth-order valence-corrected chi connectivity index (χ4v) is 2.99. The van der Waals surface area contributed by atoms with Crippen LogP contribution in [0.2, 0.25) is 10.0 Å². The van der Waals surface area contributed by atoms with Gasteiger partial charge in [0.05, 0.1) is 26.2 Å². The molecule has 0 saturated heterocycles. The molecule has 1 amide bonds. The summed E-state index contributed by atoms with van der Waals surface area (Å²) in [4.78, 5) is 24.3. The second kappa shape index (κ2) is 8.07. The molecule has 0 fully saturated rings. The van der Waals surface area contributed by atoms with Crippen molar-refractivity contribution in [2.45, 2.75) is 17.9 Å². The van der Waals surface area contributed by atoms with Crippen molar-refractivity contribution in [3.05, 3.63) is 58.1 Å². The maximum atomic E-state index is 12.2. The van der Waals surface area contributed by atoms with Gasteiger partial charge >= 0.3 is 5.97 Å². The number of esters is 1. The maximum Gasteiger partial charge on any atom is 0.338 e. The van der Waals surface area contributed by atoms with Crippen LogP contribution >= 0.6 is 23.2 Å². The van der Waals surface area contributed by atoms with E-state index in [-0.39, 0.29) is 26.2 Å². The number of benzene rings is 2. The van der Waals surface area contributed by atoms with Gasteiger partial charge in [-0.15, -0.1) is 0 Å². The first-order valence-corrected chi connectivity index (χ1v) is 10.0. The average molecular weight is 416 g/mol. The topological polar surface area (TPSA) is 89.5 Å². The molecule has 6 nitrogen and oxygen atoms in total. The minimum atomic E-state index is -3.47. The first-order valence-electron chi connectivity index (χ1n) is 7.35. The minimum Gasteiger partial charge on any atom is -0.449 e. The molecule has 0 aliphatic heterocycles. The zero-order valence-corrected chi connectivity index (χ0v) is 16.2. The van der Waals surface area contributed by atoms with Crippen LogP contribution in [-0.2, 0) is 19.4 Å². The van der Waals surface area contributed by atoms with Crippen LogP contribution in [0.1, 0.15) is 17.3 Å². The lowest BCUT2D eigenvalue weighted by molar-refractivity contribution is -0.123. The number of halogens is 2. The zero-order chi connectivity index (χ0) is 19.5. The molecule has 26 heavy (non-hydrogen) atoms. The molecule has 1 atom stereocenters. The van der Waals surface area contributed by atoms with Gasteiger partial charge in [0.1, 0.15) is 0 Å². The molecule has 0 radical (unpaired) electrons. The van der Waals surface area contributed by atoms with Gasteiger partial charge in [0.25, 0.3) is 5.91 Å². The average Bonchev–Trinajstić information content (AvgIpc) is 2.58. The molecule has 2 aromatic carbocycles. The monoisotopic (exact) mass is 415 g/mol. The van der Waals surface area contributed by atoms with Crippen LogP contribution in [0.3, 0.4) is 0 Å². The van der Waals surface area contributed by atoms with Gasteiger partial charge in [-0.1, -0.05) is 35.3 Å². The lowest BCUT2D eigenvalue weighted by Crippen LogP contribution is -2.30. The molecule has 0 aromatic heterocycles. The third-order valence-electron chi connectivity index (χ3n) is 3.36. The van der Waals surface area contributed by atoms with E-state index in [9.17, 15) is 18.0 Å². The quantitative estimate of drug-likeness (QED) is 0.753. The molecule has 138 valence electrons. The van der Waals surface area contributed by atoms with Crippen LogP contribution in [0.25, 0.3) is 0 Å². The molecule has 0 heterocycles. The molecule has 0 saturated carbocycles. The highest BCUT2D eigenvalue weighted by atomic mass is 35.5. The summed E-state index contributed by atoms with van der Waals surface area (Å²) in [6.07, 6.45) is -0.109. The Morgan fingerprint density at radius 2 is 1.77 bits per heavy atom. The Bertz CT molecular complexity index is 959. The molecule has 9 heteroatoms. The summed E-state index contributed by atoms with van der Waals surface area (Å²) in [7, 11) is -3.47. The van der Waals surface area contributed by atoms with Crippen molar-refractivity contribution < 1.29 is 22.7 Å². The number of carbonyl (C=O) groups excluding carboxylic acids is 2. The summed E-state index contributed by atoms with van der Waals surface area (Å²) in [5, 5.41) is 2.95. The fraction of sp³-hybridized carbons (Fsp3) is 0.176. The van der Waals surface area contributed by atoms with Crippen molar-refractivity contribution in [2.75, 3.05) is 11.6 Å². The second-order valence-electron chi connectivity index (χ2n) is 5.44. The number of carbonyl (C=O) groups is 2. The number of hydrogen-bond acceptors (Lipinski definition) is 5. The fourth-order valence-electron chi connectivity index (χ4n) is 1.97. The van der Waals surface area contributed by atoms with Crippen LogP contribution < -0.4 is 5.32 Å². The van der Waals surface area contributed by atoms with Gasteiger partial charge in [-0.25, -0.2) is 13.2 Å². The number of ether oxygens (including phenoxy) is 1. The van der Waals surface area contributed by atoms with E-state index in [0.717, 1.165) is 6.26 Å². The molecule has 0 spiro atoms. The van der Waals surface area contributed by atoms with E-state index in [0.29, 0.717) is 0 Å². The standard InChI is InChI=1S/C17H15Cl2NO5S/c1-10(16(21)20-14-8-4-7-13(18)15(14)19)25-17(22)11-5-3-6-12(9-11)26(2,23)24/h3-10H,1-2H3,(H,20,21)/t10-/m0/s1. The summed E-state index contributed by atoms with van der Waals surface area (Å²) < 4.78 is 28.2. The molecule has 0 aliphatic carbocycles. The minimum absolute atomic E-state index is 0.0187. The molecular formula is C17H15Cl2NO5S. The van der Waals surface area contributed by atoms with Gasteiger partial charge in [0.15, 0.2) is 15.9 Å². The summed E-state index contributed by atoms with van der Waals surface area (Å²) in [5.74, 6) is -1.43. The van der Waals surface area contributed by atoms with Crippen LogP contribution in [-0.4, -0.2) is 32.7 Å². The molecule has 0 unspecified atom stereocenters. The van der Waals surface area contributed by atoms with Crippen molar-refractivity contribution in [2.24, 2.45) is 0 Å². The lowest BCUT2D eigenvalue weighted by Gasteiger charge is -2.14. The lowest BCUT2D eigenvalue weighted by atomic mass is 10.2. The van der Waals surface area contributed by atoms with E-state index in [1.54, 1.807) is 18.2 Å². The van der Waals surface area contributed by atoms with Gasteiger partial charge in [-0.2, -0.15) is 0 Å². The number of nitrogens with one attached hydrogen (secondary N) is 1. The van der Waals surface area contributed by atoms with Crippen molar-refractivity contribution >= 4 is 50.6 Å². The van der Waals surface area contributed by atoms with E-state index in [4.69, 9.17) is 27.9 Å². The smallest absolute Gasteiger partial charge is 0.338 e. The maximum absolute atomic E-state index is 12.2. The van der Waals surface area contributed by atoms with E-state index in [1.165, 1.54) is 31.2 Å². The summed E-state index contributed by atoms with van der Waals surface area (Å²) >= 11 is 11.9. The summed E-state index contributed by atoms with van der Waals surface area (Å²) in [6, 6.07) is 10.1. The number of hydrogen-bond donors (Lipinski definition) is 1. The van der Waals surface area contributed by atoms with Crippen LogP contribution in [0.4, 0.5) is 5.69 Å². The highest BCUT2D eigenvalue weighted by molar-refractivity contribution is 7.90. The Labute approximate surface area is 161 Å². The van der Waals surface area contributed by atoms with E-state index < -0.39 is 27.8 Å². The normalized spacial score (nSPS) is 12.3. The summed E-state index contributed by atoms with van der Waals surface area (Å²) in [6.45, 7) is 1.38. The van der Waals surface area contributed by atoms with Gasteiger partial charge in [0.2, 0.25) is 0 Å². The highest BCUT2D eigenvalue weighted by Gasteiger charge is 2.21. The van der Waals surface area contributed by atoms with Gasteiger partial charge in [0, 0.05) is 6.26 Å². The SMILES string of the molecule is C[C@H](OC(=O)c1cccc(S(C)(=O)=O)c1)C(=O)Nc1cccc(Cl)c1Cl. The molecule has 0 aliphatic rings. The molecular weight excluding hydrogens is 401 g/mol. The van der Waals surface area contributed by atoms with Crippen molar-refractivity contribution in [3.8, 4) is 0 Å². The highest BCUT2D eigenvalue weighted by Crippen LogP contribution is 2.29. The first-order chi connectivity index (χ1) is 12.1. The van der Waals surface area contributed by atoms with Crippen molar-refractivity contribution in [1.82, 2.24) is 0 Å². The van der Waals surface area contributed by atoms with Crippen molar-refractivity contribution in [3.63, 3.8) is 0 Å². The predicted molar refractivity (Wildman–Crippen MR) is 99.5 cm³/mol. The molecule has 2 rings (SSSR count). The number of sulfone groups is 1. The summed E-state index contributed by atoms with van der Waals surface area (Å²) in [5.41, 5.74) is 0.305. The number of amides is 1. The second-order valence-corrected chi connectivity index (χ2v) is 8.24. The van der Waals surface area contributed by atoms with E-state index in [1.807, 2.05) is 0 Å². The Hall–Kier alpha value is -2.09. The third kappa shape index (κ3) is 4.97. The van der Waals surface area contributed by atoms with E-state index >= 15 is 0 Å². The molecule has 1 N–H and O–H groups in total. The van der Waals surface area contributed by atoms with Gasteiger partial charge in [-0.05, 0) is 37.3 Å². The van der Waals surface area contributed by atoms with E-state index in [2.05, 4.69) is 5.32 Å². The molecule has 2 aromatic rings. The molecule has 0 bridgehead atoms. The number of rotatable bonds is 5. The Morgan fingerprint density at radius 1 is 1.12 bits per heavy atom. The Kier molecular flexibility index (Phi) is 6.28. The Balaban J connectivity index is 2.09. The predicted octanol–water partition coefficient (Wildman–Crippen LogP) is 3.58. The first kappa shape index (κ1) is 20.2. The largest absolute Gasteiger partial charge is 0.449 e. The number of anilines is 1. The van der Waals surface area contributed by atoms with Crippen LogP contribution in [0.15, 0.2) is 47.4 Å². The van der Waals surface area contributed by atoms with Gasteiger partial charge in [-0.3, -0.25) is 4.79 Å². The third-order valence-corrected chi connectivity index (χ3v) is 5.29. The van der Waals surface area contributed by atoms with Crippen LogP contribution in [0.5, 0.6) is 0 Å².